The average molecular weight is 186 g/mol. The van der Waals surface area contributed by atoms with Crippen LogP contribution in [0.4, 0.5) is 0 Å². The van der Waals surface area contributed by atoms with Gasteiger partial charge in [0.2, 0.25) is 5.91 Å². The summed E-state index contributed by atoms with van der Waals surface area (Å²) in [4.78, 5) is 13.2. The third kappa shape index (κ3) is 3.32. The van der Waals surface area contributed by atoms with Crippen molar-refractivity contribution in [2.45, 2.75) is 12.8 Å². The van der Waals surface area contributed by atoms with E-state index in [0.717, 1.165) is 25.9 Å². The largest absolute Gasteiger partial charge is 0.396 e. The Morgan fingerprint density at radius 3 is 3.08 bits per heavy atom. The summed E-state index contributed by atoms with van der Waals surface area (Å²) < 4.78 is 0. The molecule has 1 saturated heterocycles. The molecule has 1 amide bonds. The number of rotatable bonds is 3. The van der Waals surface area contributed by atoms with Crippen LogP contribution in [0.1, 0.15) is 12.8 Å². The Kier molecular flexibility index (Phi) is 4.18. The van der Waals surface area contributed by atoms with Gasteiger partial charge in [-0.1, -0.05) is 0 Å². The second-order valence-electron chi connectivity index (χ2n) is 3.60. The fourth-order valence-corrected chi connectivity index (χ4v) is 1.73. The van der Waals surface area contributed by atoms with Crippen molar-refractivity contribution in [3.05, 3.63) is 0 Å². The first-order valence-electron chi connectivity index (χ1n) is 4.80. The third-order valence-electron chi connectivity index (χ3n) is 2.51. The van der Waals surface area contributed by atoms with Crippen LogP contribution in [0.2, 0.25) is 0 Å². The van der Waals surface area contributed by atoms with Crippen LogP contribution >= 0.6 is 0 Å². The molecule has 1 aliphatic rings. The molecule has 4 heteroatoms. The van der Waals surface area contributed by atoms with E-state index < -0.39 is 0 Å². The molecule has 76 valence electrons. The van der Waals surface area contributed by atoms with Crippen molar-refractivity contribution in [1.82, 2.24) is 10.2 Å². The number of piperidine rings is 1. The highest BCUT2D eigenvalue weighted by Crippen LogP contribution is 2.14. The second-order valence-corrected chi connectivity index (χ2v) is 3.60. The lowest BCUT2D eigenvalue weighted by Gasteiger charge is -2.30. The van der Waals surface area contributed by atoms with Crippen molar-refractivity contribution in [1.29, 1.82) is 0 Å². The second kappa shape index (κ2) is 5.19. The van der Waals surface area contributed by atoms with Crippen molar-refractivity contribution in [3.8, 4) is 0 Å². The minimum absolute atomic E-state index is 0.0542. The van der Waals surface area contributed by atoms with E-state index in [9.17, 15) is 4.79 Å². The maximum Gasteiger partial charge on any atom is 0.233 e. The molecule has 0 spiro atoms. The zero-order valence-electron chi connectivity index (χ0n) is 8.12. The van der Waals surface area contributed by atoms with Gasteiger partial charge in [0, 0.05) is 20.2 Å². The van der Waals surface area contributed by atoms with Gasteiger partial charge in [-0.05, 0) is 25.3 Å². The van der Waals surface area contributed by atoms with Gasteiger partial charge >= 0.3 is 0 Å². The van der Waals surface area contributed by atoms with Crippen LogP contribution in [-0.2, 0) is 4.79 Å². The first-order valence-corrected chi connectivity index (χ1v) is 4.80. The fourth-order valence-electron chi connectivity index (χ4n) is 1.73. The zero-order chi connectivity index (χ0) is 9.68. The van der Waals surface area contributed by atoms with E-state index in [-0.39, 0.29) is 12.5 Å². The standard InChI is InChI=1S/C9H18N2O2/c1-10-9(13)6-11-4-2-3-8(5-11)7-12/h8,12H,2-7H2,1H3,(H,10,13). The monoisotopic (exact) mass is 186 g/mol. The number of likely N-dealkylation sites (tertiary alicyclic amines) is 1. The Morgan fingerprint density at radius 2 is 2.46 bits per heavy atom. The minimum Gasteiger partial charge on any atom is -0.396 e. The van der Waals surface area contributed by atoms with Crippen LogP contribution in [-0.4, -0.2) is 49.2 Å². The number of aliphatic hydroxyl groups excluding tert-OH is 1. The first-order chi connectivity index (χ1) is 6.26. The molecule has 0 bridgehead atoms. The van der Waals surface area contributed by atoms with Crippen molar-refractivity contribution < 1.29 is 9.90 Å². The number of likely N-dealkylation sites (N-methyl/N-ethyl adjacent to an activating group) is 1. The number of hydrogen-bond acceptors (Lipinski definition) is 3. The van der Waals surface area contributed by atoms with Crippen molar-refractivity contribution in [2.24, 2.45) is 5.92 Å². The number of nitrogens with zero attached hydrogens (tertiary/aromatic N) is 1. The molecular weight excluding hydrogens is 168 g/mol. The molecule has 0 aromatic carbocycles. The SMILES string of the molecule is CNC(=O)CN1CCCC(CO)C1. The third-order valence-corrected chi connectivity index (χ3v) is 2.51. The van der Waals surface area contributed by atoms with E-state index in [0.29, 0.717) is 12.5 Å². The van der Waals surface area contributed by atoms with Crippen molar-refractivity contribution >= 4 is 5.91 Å². The van der Waals surface area contributed by atoms with Gasteiger partial charge < -0.3 is 10.4 Å². The maximum atomic E-state index is 11.1. The van der Waals surface area contributed by atoms with Crippen molar-refractivity contribution in [3.63, 3.8) is 0 Å². The molecule has 0 saturated carbocycles. The van der Waals surface area contributed by atoms with Crippen LogP contribution in [0.15, 0.2) is 0 Å². The highest BCUT2D eigenvalue weighted by atomic mass is 16.3. The maximum absolute atomic E-state index is 11.1. The van der Waals surface area contributed by atoms with Crippen LogP contribution in [0.25, 0.3) is 0 Å². The zero-order valence-corrected chi connectivity index (χ0v) is 8.12. The predicted octanol–water partition coefficient (Wildman–Crippen LogP) is -0.563. The van der Waals surface area contributed by atoms with E-state index in [1.54, 1.807) is 7.05 Å². The molecule has 1 aliphatic heterocycles. The molecule has 0 radical (unpaired) electrons. The lowest BCUT2D eigenvalue weighted by Crippen LogP contribution is -2.42. The van der Waals surface area contributed by atoms with Gasteiger partial charge in [-0.3, -0.25) is 9.69 Å². The van der Waals surface area contributed by atoms with Gasteiger partial charge in [-0.2, -0.15) is 0 Å². The van der Waals surface area contributed by atoms with Crippen LogP contribution in [0, 0.1) is 5.92 Å². The average Bonchev–Trinajstić information content (AvgIpc) is 2.18. The van der Waals surface area contributed by atoms with E-state index in [2.05, 4.69) is 10.2 Å². The molecular formula is C9H18N2O2. The van der Waals surface area contributed by atoms with Gasteiger partial charge in [-0.15, -0.1) is 0 Å². The Bertz CT molecular complexity index is 173. The number of hydrogen-bond donors (Lipinski definition) is 2. The van der Waals surface area contributed by atoms with Gasteiger partial charge in [0.1, 0.15) is 0 Å². The Balaban J connectivity index is 2.29. The summed E-state index contributed by atoms with van der Waals surface area (Å²) in [6.07, 6.45) is 2.17. The molecule has 1 fully saturated rings. The lowest BCUT2D eigenvalue weighted by atomic mass is 9.99. The fraction of sp³-hybridized carbons (Fsp3) is 0.889. The smallest absolute Gasteiger partial charge is 0.233 e. The molecule has 0 aliphatic carbocycles. The van der Waals surface area contributed by atoms with E-state index in [1.165, 1.54) is 0 Å². The Labute approximate surface area is 78.9 Å². The lowest BCUT2D eigenvalue weighted by molar-refractivity contribution is -0.122. The number of carbonyl (C=O) groups is 1. The highest BCUT2D eigenvalue weighted by molar-refractivity contribution is 5.77. The molecule has 1 atom stereocenters. The van der Waals surface area contributed by atoms with E-state index in [4.69, 9.17) is 5.11 Å². The number of carbonyl (C=O) groups excluding carboxylic acids is 1. The Hall–Kier alpha value is -0.610. The molecule has 1 rings (SSSR count). The molecule has 0 aromatic heterocycles. The number of nitrogens with one attached hydrogen (secondary N) is 1. The van der Waals surface area contributed by atoms with Crippen LogP contribution in [0.5, 0.6) is 0 Å². The Morgan fingerprint density at radius 1 is 1.69 bits per heavy atom. The molecule has 0 aromatic rings. The van der Waals surface area contributed by atoms with E-state index in [1.807, 2.05) is 0 Å². The molecule has 13 heavy (non-hydrogen) atoms. The topological polar surface area (TPSA) is 52.6 Å². The number of amides is 1. The summed E-state index contributed by atoms with van der Waals surface area (Å²) in [5.41, 5.74) is 0. The summed E-state index contributed by atoms with van der Waals surface area (Å²) in [6.45, 7) is 2.53. The van der Waals surface area contributed by atoms with E-state index >= 15 is 0 Å². The number of aliphatic hydroxyl groups is 1. The first kappa shape index (κ1) is 10.5. The normalized spacial score (nSPS) is 24.3. The molecule has 1 unspecified atom stereocenters. The summed E-state index contributed by atoms with van der Waals surface area (Å²) in [7, 11) is 1.65. The van der Waals surface area contributed by atoms with Gasteiger partial charge in [0.05, 0.1) is 6.54 Å². The quantitative estimate of drug-likeness (QED) is 0.621. The molecule has 2 N–H and O–H groups in total. The molecule has 4 nitrogen and oxygen atoms in total. The minimum atomic E-state index is 0.0542. The summed E-state index contributed by atoms with van der Waals surface area (Å²) >= 11 is 0. The summed E-state index contributed by atoms with van der Waals surface area (Å²) in [5.74, 6) is 0.414. The predicted molar refractivity (Wildman–Crippen MR) is 50.3 cm³/mol. The summed E-state index contributed by atoms with van der Waals surface area (Å²) in [5, 5.41) is 11.6. The molecule has 1 heterocycles. The highest BCUT2D eigenvalue weighted by Gasteiger charge is 2.20. The van der Waals surface area contributed by atoms with Crippen molar-refractivity contribution in [2.75, 3.05) is 33.3 Å². The van der Waals surface area contributed by atoms with Gasteiger partial charge in [0.15, 0.2) is 0 Å². The summed E-state index contributed by atoms with van der Waals surface area (Å²) in [6, 6.07) is 0. The van der Waals surface area contributed by atoms with Gasteiger partial charge in [-0.25, -0.2) is 0 Å². The van der Waals surface area contributed by atoms with Crippen LogP contribution in [0.3, 0.4) is 0 Å². The van der Waals surface area contributed by atoms with Gasteiger partial charge in [0.25, 0.3) is 0 Å². The van der Waals surface area contributed by atoms with Crippen LogP contribution < -0.4 is 5.32 Å².